The molecule has 32 heavy (non-hydrogen) atoms. The van der Waals surface area contributed by atoms with Crippen molar-refractivity contribution in [3.8, 4) is 16.8 Å². The van der Waals surface area contributed by atoms with Gasteiger partial charge in [-0.15, -0.1) is 5.10 Å². The van der Waals surface area contributed by atoms with E-state index in [2.05, 4.69) is 10.1 Å². The fourth-order valence-corrected chi connectivity index (χ4v) is 4.99. The number of hydrogen-bond donors (Lipinski definition) is 2. The van der Waals surface area contributed by atoms with Crippen LogP contribution in [0.25, 0.3) is 16.8 Å². The van der Waals surface area contributed by atoms with Gasteiger partial charge in [0.25, 0.3) is 0 Å². The van der Waals surface area contributed by atoms with E-state index in [1.54, 1.807) is 0 Å². The fourth-order valence-electron chi connectivity index (χ4n) is 3.10. The predicted octanol–water partition coefficient (Wildman–Crippen LogP) is 4.59. The van der Waals surface area contributed by atoms with E-state index in [4.69, 9.17) is 23.1 Å². The van der Waals surface area contributed by atoms with E-state index in [-0.39, 0.29) is 50.3 Å². The minimum Gasteiger partial charge on any atom is -0.368 e. The molecule has 0 saturated carbocycles. The van der Waals surface area contributed by atoms with Gasteiger partial charge in [-0.25, -0.2) is 8.42 Å². The first-order valence-electron chi connectivity index (χ1n) is 9.52. The van der Waals surface area contributed by atoms with Gasteiger partial charge in [0.1, 0.15) is 0 Å². The average Bonchev–Trinajstić information content (AvgIpc) is 3.03. The summed E-state index contributed by atoms with van der Waals surface area (Å²) in [6.45, 7) is 3.81. The van der Waals surface area contributed by atoms with Crippen LogP contribution >= 0.6 is 11.6 Å². The Balaban J connectivity index is 2.09. The SMILES string of the molecule is CC(C)CCS(=O)(=O)c1ccc(-c2c(Cl)cc(-n3nc(N)nc3N)cc2C(F)(F)F)cc1. The summed E-state index contributed by atoms with van der Waals surface area (Å²) in [5.74, 6) is -0.249. The Hall–Kier alpha value is -2.79. The van der Waals surface area contributed by atoms with Crippen molar-refractivity contribution >= 4 is 33.3 Å². The van der Waals surface area contributed by atoms with E-state index in [9.17, 15) is 21.6 Å². The first-order chi connectivity index (χ1) is 14.8. The van der Waals surface area contributed by atoms with Crippen LogP contribution in [0.1, 0.15) is 25.8 Å². The van der Waals surface area contributed by atoms with Crippen LogP contribution in [0.15, 0.2) is 41.3 Å². The second kappa shape index (κ2) is 8.62. The average molecular weight is 488 g/mol. The van der Waals surface area contributed by atoms with Crippen LogP contribution in [-0.4, -0.2) is 28.9 Å². The summed E-state index contributed by atoms with van der Waals surface area (Å²) in [4.78, 5) is 3.71. The highest BCUT2D eigenvalue weighted by molar-refractivity contribution is 7.91. The van der Waals surface area contributed by atoms with Crippen LogP contribution in [0, 0.1) is 5.92 Å². The summed E-state index contributed by atoms with van der Waals surface area (Å²) in [7, 11) is -3.55. The number of benzene rings is 2. The van der Waals surface area contributed by atoms with E-state index >= 15 is 0 Å². The molecule has 3 aromatic rings. The number of aromatic nitrogens is 3. The maximum Gasteiger partial charge on any atom is 0.417 e. The van der Waals surface area contributed by atoms with Crippen molar-refractivity contribution in [2.24, 2.45) is 5.92 Å². The molecule has 0 amide bonds. The van der Waals surface area contributed by atoms with Crippen molar-refractivity contribution in [2.45, 2.75) is 31.3 Å². The second-order valence-corrected chi connectivity index (χ2v) is 10.1. The molecule has 7 nitrogen and oxygen atoms in total. The van der Waals surface area contributed by atoms with Gasteiger partial charge in [-0.2, -0.15) is 22.8 Å². The molecule has 0 aliphatic rings. The molecule has 3 rings (SSSR count). The number of rotatable bonds is 6. The lowest BCUT2D eigenvalue weighted by atomic mass is 9.98. The van der Waals surface area contributed by atoms with Gasteiger partial charge in [-0.1, -0.05) is 37.6 Å². The number of sulfone groups is 1. The molecule has 1 heterocycles. The maximum absolute atomic E-state index is 13.9. The highest BCUT2D eigenvalue weighted by Crippen LogP contribution is 2.42. The third-order valence-corrected chi connectivity index (χ3v) is 6.80. The normalized spacial score (nSPS) is 12.5. The molecular weight excluding hydrogens is 467 g/mol. The number of nitrogen functional groups attached to an aromatic ring is 2. The molecule has 0 aliphatic heterocycles. The summed E-state index contributed by atoms with van der Waals surface area (Å²) in [5.41, 5.74) is 9.84. The molecule has 0 spiro atoms. The van der Waals surface area contributed by atoms with E-state index in [1.165, 1.54) is 30.3 Å². The topological polar surface area (TPSA) is 117 Å². The summed E-state index contributed by atoms with van der Waals surface area (Å²) in [6, 6.07) is 7.26. The highest BCUT2D eigenvalue weighted by atomic mass is 35.5. The predicted molar refractivity (Wildman–Crippen MR) is 117 cm³/mol. The maximum atomic E-state index is 13.9. The largest absolute Gasteiger partial charge is 0.417 e. The van der Waals surface area contributed by atoms with Crippen LogP contribution < -0.4 is 11.5 Å². The van der Waals surface area contributed by atoms with Crippen LogP contribution in [0.2, 0.25) is 5.02 Å². The minimum absolute atomic E-state index is 0.0362. The lowest BCUT2D eigenvalue weighted by Gasteiger charge is -2.17. The molecule has 0 bridgehead atoms. The van der Waals surface area contributed by atoms with Crippen LogP contribution in [0.3, 0.4) is 0 Å². The summed E-state index contributed by atoms with van der Waals surface area (Å²) in [6.07, 6.45) is -4.29. The summed E-state index contributed by atoms with van der Waals surface area (Å²) in [5, 5.41) is 3.56. The Bertz CT molecular complexity index is 1240. The van der Waals surface area contributed by atoms with E-state index < -0.39 is 21.6 Å². The standard InChI is InChI=1S/C20H21ClF3N5O2S/c1-11(2)7-8-32(30,31)14-5-3-12(4-6-14)17-15(20(22,23)24)9-13(10-16(17)21)29-19(26)27-18(25)28-29/h3-6,9-11H,7-8H2,1-2H3,(H4,25,26,27,28). The van der Waals surface area contributed by atoms with Crippen molar-refractivity contribution in [3.05, 3.63) is 47.0 Å². The Labute approximate surface area is 188 Å². The first-order valence-corrected chi connectivity index (χ1v) is 11.5. The molecule has 4 N–H and O–H groups in total. The molecule has 0 saturated heterocycles. The number of halogens is 4. The minimum atomic E-state index is -4.77. The van der Waals surface area contributed by atoms with Crippen molar-refractivity contribution in [1.29, 1.82) is 0 Å². The molecule has 0 radical (unpaired) electrons. The summed E-state index contributed by atoms with van der Waals surface area (Å²) < 4.78 is 67.6. The third-order valence-electron chi connectivity index (χ3n) is 4.74. The second-order valence-electron chi connectivity index (χ2n) is 7.61. The van der Waals surface area contributed by atoms with Crippen LogP contribution in [0.5, 0.6) is 0 Å². The molecule has 2 aromatic carbocycles. The molecule has 0 fully saturated rings. The van der Waals surface area contributed by atoms with Crippen LogP contribution in [0.4, 0.5) is 25.1 Å². The first kappa shape index (κ1) is 23.9. The third kappa shape index (κ3) is 4.99. The van der Waals surface area contributed by atoms with Crippen LogP contribution in [-0.2, 0) is 16.0 Å². The number of nitrogens with zero attached hydrogens (tertiary/aromatic N) is 3. The van der Waals surface area contributed by atoms with Gasteiger partial charge in [-0.3, -0.25) is 0 Å². The number of hydrogen-bond acceptors (Lipinski definition) is 6. The zero-order valence-electron chi connectivity index (χ0n) is 17.2. The fraction of sp³-hybridized carbons (Fsp3) is 0.300. The molecule has 1 aromatic heterocycles. The van der Waals surface area contributed by atoms with E-state index in [0.717, 1.165) is 10.7 Å². The lowest BCUT2D eigenvalue weighted by Crippen LogP contribution is -2.11. The zero-order valence-corrected chi connectivity index (χ0v) is 18.8. The van der Waals surface area contributed by atoms with Gasteiger partial charge < -0.3 is 11.5 Å². The Kier molecular flexibility index (Phi) is 6.43. The molecule has 172 valence electrons. The molecular formula is C20H21ClF3N5O2S. The molecule has 0 unspecified atom stereocenters. The van der Waals surface area contributed by atoms with Gasteiger partial charge in [0.2, 0.25) is 11.9 Å². The van der Waals surface area contributed by atoms with Gasteiger partial charge in [0.15, 0.2) is 9.84 Å². The van der Waals surface area contributed by atoms with Gasteiger partial charge in [0, 0.05) is 5.56 Å². The van der Waals surface area contributed by atoms with E-state index in [1.807, 2.05) is 13.8 Å². The Morgan fingerprint density at radius 3 is 2.25 bits per heavy atom. The molecule has 12 heteroatoms. The number of nitrogens with two attached hydrogens (primary N) is 2. The van der Waals surface area contributed by atoms with Crippen molar-refractivity contribution in [1.82, 2.24) is 14.8 Å². The number of anilines is 2. The van der Waals surface area contributed by atoms with Gasteiger partial charge in [0.05, 0.1) is 26.9 Å². The monoisotopic (exact) mass is 487 g/mol. The number of alkyl halides is 3. The van der Waals surface area contributed by atoms with Crippen molar-refractivity contribution in [2.75, 3.05) is 17.2 Å². The molecule has 0 atom stereocenters. The van der Waals surface area contributed by atoms with Crippen molar-refractivity contribution < 1.29 is 21.6 Å². The Morgan fingerprint density at radius 2 is 1.75 bits per heavy atom. The Morgan fingerprint density at radius 1 is 1.12 bits per heavy atom. The van der Waals surface area contributed by atoms with E-state index in [0.29, 0.717) is 6.42 Å². The zero-order chi connectivity index (χ0) is 23.8. The molecule has 0 aliphatic carbocycles. The van der Waals surface area contributed by atoms with Gasteiger partial charge in [-0.05, 0) is 42.2 Å². The quantitative estimate of drug-likeness (QED) is 0.525. The lowest BCUT2D eigenvalue weighted by molar-refractivity contribution is -0.137. The van der Waals surface area contributed by atoms with Gasteiger partial charge >= 0.3 is 6.18 Å². The van der Waals surface area contributed by atoms with Crippen molar-refractivity contribution in [3.63, 3.8) is 0 Å². The smallest absolute Gasteiger partial charge is 0.368 e. The highest BCUT2D eigenvalue weighted by Gasteiger charge is 2.36. The summed E-state index contributed by atoms with van der Waals surface area (Å²) >= 11 is 6.25.